The average molecular weight is 429 g/mol. The molecule has 3 aromatic rings. The summed E-state index contributed by atoms with van der Waals surface area (Å²) >= 11 is 0. The maximum absolute atomic E-state index is 10.8. The molecule has 0 saturated carbocycles. The highest BCUT2D eigenvalue weighted by Gasteiger charge is 2.22. The number of ether oxygens (including phenoxy) is 1. The lowest BCUT2D eigenvalue weighted by Crippen LogP contribution is -2.15. The maximum Gasteiger partial charge on any atom is 0.307 e. The van der Waals surface area contributed by atoms with Crippen LogP contribution in [0.3, 0.4) is 0 Å². The molecule has 2 N–H and O–H groups in total. The van der Waals surface area contributed by atoms with Crippen LogP contribution < -0.4 is 10.1 Å². The van der Waals surface area contributed by atoms with Gasteiger partial charge in [-0.05, 0) is 78.0 Å². The van der Waals surface area contributed by atoms with Crippen LogP contribution in [-0.4, -0.2) is 24.7 Å². The first kappa shape index (κ1) is 21.9. The van der Waals surface area contributed by atoms with Gasteiger partial charge in [-0.3, -0.25) is 4.79 Å². The second-order valence-electron chi connectivity index (χ2n) is 8.51. The van der Waals surface area contributed by atoms with Gasteiger partial charge in [0, 0.05) is 18.3 Å². The van der Waals surface area contributed by atoms with Crippen molar-refractivity contribution in [2.24, 2.45) is 0 Å². The molecular weight excluding hydrogens is 398 g/mol. The molecule has 32 heavy (non-hydrogen) atoms. The Morgan fingerprint density at radius 3 is 2.72 bits per heavy atom. The zero-order valence-corrected chi connectivity index (χ0v) is 18.6. The van der Waals surface area contributed by atoms with Gasteiger partial charge in [-0.25, -0.2) is 0 Å². The predicted octanol–water partition coefficient (Wildman–Crippen LogP) is 5.44. The Morgan fingerprint density at radius 2 is 1.94 bits per heavy atom. The molecule has 0 spiro atoms. The summed E-state index contributed by atoms with van der Waals surface area (Å²) in [6.45, 7) is 0.870. The van der Waals surface area contributed by atoms with Crippen LogP contribution in [0, 0.1) is 6.07 Å². The van der Waals surface area contributed by atoms with E-state index in [0.717, 1.165) is 55.6 Å². The molecule has 4 rings (SSSR count). The number of anilines is 1. The van der Waals surface area contributed by atoms with Crippen molar-refractivity contribution >= 4 is 11.7 Å². The van der Waals surface area contributed by atoms with Gasteiger partial charge in [0.1, 0.15) is 5.75 Å². The molecule has 4 nitrogen and oxygen atoms in total. The number of fused-ring (bicyclic) bond motifs is 1. The fourth-order valence-electron chi connectivity index (χ4n) is 4.58. The van der Waals surface area contributed by atoms with Crippen LogP contribution in [0.2, 0.25) is 0 Å². The number of carboxylic acids is 1. The summed E-state index contributed by atoms with van der Waals surface area (Å²) in [6.07, 6.45) is 5.33. The molecule has 4 heteroatoms. The molecule has 0 amide bonds. The minimum atomic E-state index is -0.796. The zero-order valence-electron chi connectivity index (χ0n) is 18.6. The maximum atomic E-state index is 10.8. The summed E-state index contributed by atoms with van der Waals surface area (Å²) in [5.74, 6) is 0.576. The highest BCUT2D eigenvalue weighted by molar-refractivity contribution is 5.70. The van der Waals surface area contributed by atoms with Crippen LogP contribution >= 0.6 is 0 Å². The van der Waals surface area contributed by atoms with Crippen molar-refractivity contribution in [2.45, 2.75) is 44.4 Å². The molecule has 1 aliphatic rings. The van der Waals surface area contributed by atoms with Gasteiger partial charge in [-0.15, -0.1) is 0 Å². The molecule has 1 atom stereocenters. The van der Waals surface area contributed by atoms with Crippen LogP contribution in [0.15, 0.2) is 60.7 Å². The molecule has 0 aromatic heterocycles. The van der Waals surface area contributed by atoms with Crippen LogP contribution in [-0.2, 0) is 30.5 Å². The molecule has 165 valence electrons. The van der Waals surface area contributed by atoms with E-state index in [9.17, 15) is 4.79 Å². The third-order valence-electron chi connectivity index (χ3n) is 6.32. The topological polar surface area (TPSA) is 58.6 Å². The minimum Gasteiger partial charge on any atom is -0.497 e. The number of aryl methyl sites for hydroxylation is 2. The Hall–Kier alpha value is -3.27. The van der Waals surface area contributed by atoms with Gasteiger partial charge in [-0.2, -0.15) is 0 Å². The van der Waals surface area contributed by atoms with Crippen molar-refractivity contribution in [3.8, 4) is 5.75 Å². The SMILES string of the molecule is COc1ccc([C@H]2CCc3c[c]ccc3C2)c(NCCCc2ccc(CC(=O)O)cc2)c1. The van der Waals surface area contributed by atoms with Crippen molar-refractivity contribution in [1.29, 1.82) is 0 Å². The average Bonchev–Trinajstić information content (AvgIpc) is 2.82. The second kappa shape index (κ2) is 10.4. The van der Waals surface area contributed by atoms with Crippen LogP contribution in [0.4, 0.5) is 5.69 Å². The molecule has 1 aliphatic carbocycles. The summed E-state index contributed by atoms with van der Waals surface area (Å²) < 4.78 is 5.48. The number of aliphatic carboxylic acids is 1. The lowest BCUT2D eigenvalue weighted by molar-refractivity contribution is -0.136. The monoisotopic (exact) mass is 428 g/mol. The molecule has 3 aromatic carbocycles. The zero-order chi connectivity index (χ0) is 22.3. The van der Waals surface area contributed by atoms with Gasteiger partial charge in [-0.1, -0.05) is 48.5 Å². The number of benzene rings is 3. The Bertz CT molecular complexity index is 1060. The van der Waals surface area contributed by atoms with E-state index in [4.69, 9.17) is 9.84 Å². The van der Waals surface area contributed by atoms with E-state index in [1.807, 2.05) is 30.3 Å². The smallest absolute Gasteiger partial charge is 0.307 e. The van der Waals surface area contributed by atoms with Crippen LogP contribution in [0.5, 0.6) is 5.75 Å². The third-order valence-corrected chi connectivity index (χ3v) is 6.32. The van der Waals surface area contributed by atoms with Crippen LogP contribution in [0.25, 0.3) is 0 Å². The van der Waals surface area contributed by atoms with Gasteiger partial charge < -0.3 is 15.2 Å². The van der Waals surface area contributed by atoms with Crippen molar-refractivity contribution in [3.63, 3.8) is 0 Å². The van der Waals surface area contributed by atoms with Crippen molar-refractivity contribution in [2.75, 3.05) is 19.0 Å². The van der Waals surface area contributed by atoms with Crippen molar-refractivity contribution in [1.82, 2.24) is 0 Å². The first-order chi connectivity index (χ1) is 15.6. The van der Waals surface area contributed by atoms with E-state index in [0.29, 0.717) is 5.92 Å². The molecule has 0 heterocycles. The number of methoxy groups -OCH3 is 1. The fourth-order valence-corrected chi connectivity index (χ4v) is 4.58. The lowest BCUT2D eigenvalue weighted by atomic mass is 9.79. The van der Waals surface area contributed by atoms with E-state index in [2.05, 4.69) is 41.7 Å². The van der Waals surface area contributed by atoms with E-state index < -0.39 is 5.97 Å². The normalized spacial score (nSPS) is 15.1. The number of nitrogens with one attached hydrogen (secondary N) is 1. The predicted molar refractivity (Wildman–Crippen MR) is 128 cm³/mol. The summed E-state index contributed by atoms with van der Waals surface area (Å²) in [6, 6.07) is 23.8. The quantitative estimate of drug-likeness (QED) is 0.446. The first-order valence-corrected chi connectivity index (χ1v) is 11.3. The van der Waals surface area contributed by atoms with Crippen LogP contribution in [0.1, 0.15) is 46.6 Å². The molecule has 0 unspecified atom stereocenters. The molecule has 0 saturated heterocycles. The largest absolute Gasteiger partial charge is 0.497 e. The van der Waals surface area contributed by atoms with Gasteiger partial charge in [0.2, 0.25) is 0 Å². The summed E-state index contributed by atoms with van der Waals surface area (Å²) in [7, 11) is 1.71. The fraction of sp³-hybridized carbons (Fsp3) is 0.321. The Morgan fingerprint density at radius 1 is 1.12 bits per heavy atom. The standard InChI is InChI=1S/C28H30NO3/c1-32-25-14-15-26(24-13-12-22-6-2-3-7-23(22)18-24)27(19-25)29-16-4-5-20-8-10-21(11-9-20)17-28(30)31/h3,6-11,14-15,19,24,29H,4-5,12-13,16-18H2,1H3,(H,30,31)/t24-/m0/s1. The summed E-state index contributed by atoms with van der Waals surface area (Å²) in [5.41, 5.74) is 7.47. The minimum absolute atomic E-state index is 0.0738. The number of carbonyl (C=O) groups is 1. The van der Waals surface area contributed by atoms with Gasteiger partial charge >= 0.3 is 5.97 Å². The number of carboxylic acid groups (broad SMARTS) is 1. The Balaban J connectivity index is 1.38. The number of hydrogen-bond acceptors (Lipinski definition) is 3. The molecule has 1 radical (unpaired) electrons. The number of hydrogen-bond donors (Lipinski definition) is 2. The highest BCUT2D eigenvalue weighted by Crippen LogP contribution is 2.37. The van der Waals surface area contributed by atoms with E-state index >= 15 is 0 Å². The van der Waals surface area contributed by atoms with E-state index in [-0.39, 0.29) is 6.42 Å². The Labute approximate surface area is 190 Å². The van der Waals surface area contributed by atoms with E-state index in [1.165, 1.54) is 22.3 Å². The second-order valence-corrected chi connectivity index (χ2v) is 8.51. The van der Waals surface area contributed by atoms with Gasteiger partial charge in [0.15, 0.2) is 0 Å². The summed E-state index contributed by atoms with van der Waals surface area (Å²) in [4.78, 5) is 10.8. The first-order valence-electron chi connectivity index (χ1n) is 11.3. The molecule has 0 aliphatic heterocycles. The van der Waals surface area contributed by atoms with Crippen molar-refractivity contribution < 1.29 is 14.6 Å². The summed E-state index contributed by atoms with van der Waals surface area (Å²) in [5, 5.41) is 12.6. The molecular formula is C28H30NO3. The van der Waals surface area contributed by atoms with Crippen molar-refractivity contribution in [3.05, 3.63) is 94.5 Å². The molecule has 0 fully saturated rings. The van der Waals surface area contributed by atoms with Gasteiger partial charge in [0.05, 0.1) is 13.5 Å². The number of rotatable bonds is 9. The molecule has 0 bridgehead atoms. The lowest BCUT2D eigenvalue weighted by Gasteiger charge is -2.27. The van der Waals surface area contributed by atoms with Gasteiger partial charge in [0.25, 0.3) is 0 Å². The highest BCUT2D eigenvalue weighted by atomic mass is 16.5. The van der Waals surface area contributed by atoms with E-state index in [1.54, 1.807) is 7.11 Å². The Kier molecular flexibility index (Phi) is 7.10. The third kappa shape index (κ3) is 5.50.